The molecule has 2 amide bonds. The Hall–Kier alpha value is -2.54. The van der Waals surface area contributed by atoms with E-state index in [-0.39, 0.29) is 5.82 Å². The summed E-state index contributed by atoms with van der Waals surface area (Å²) in [6.45, 7) is 2.11. The van der Waals surface area contributed by atoms with Crippen LogP contribution in [0.4, 0.5) is 15.8 Å². The van der Waals surface area contributed by atoms with E-state index in [4.69, 9.17) is 0 Å². The van der Waals surface area contributed by atoms with Crippen molar-refractivity contribution >= 4 is 35.0 Å². The van der Waals surface area contributed by atoms with Gasteiger partial charge in [0, 0.05) is 42.4 Å². The zero-order chi connectivity index (χ0) is 18.5. The minimum atomic E-state index is -0.626. The third kappa shape index (κ3) is 4.35. The van der Waals surface area contributed by atoms with E-state index < -0.39 is 11.8 Å². The number of piperazine rings is 1. The molecule has 1 heterocycles. The lowest BCUT2D eigenvalue weighted by atomic mass is 10.2. The summed E-state index contributed by atoms with van der Waals surface area (Å²) in [5.74, 6) is -1.43. The summed E-state index contributed by atoms with van der Waals surface area (Å²) in [4.78, 5) is 29.3. The maximum atomic E-state index is 13.0. The highest BCUT2D eigenvalue weighted by Gasteiger charge is 2.26. The standard InChI is InChI=1S/C19H20FN3O2S/c1-26-17-4-2-3-15(13-17)21-18(24)19(25)23-11-9-22(10-12-23)16-7-5-14(20)6-8-16/h2-8,13H,9-12H2,1H3,(H,21,24). The zero-order valence-electron chi connectivity index (χ0n) is 14.4. The number of carbonyl (C=O) groups is 2. The zero-order valence-corrected chi connectivity index (χ0v) is 15.3. The van der Waals surface area contributed by atoms with Gasteiger partial charge in [0.25, 0.3) is 0 Å². The average Bonchev–Trinajstić information content (AvgIpc) is 2.68. The molecule has 0 saturated carbocycles. The van der Waals surface area contributed by atoms with Crippen molar-refractivity contribution in [2.24, 2.45) is 0 Å². The molecule has 1 fully saturated rings. The molecular weight excluding hydrogens is 353 g/mol. The molecule has 0 aromatic heterocycles. The number of anilines is 2. The number of thioether (sulfide) groups is 1. The predicted molar refractivity (Wildman–Crippen MR) is 102 cm³/mol. The van der Waals surface area contributed by atoms with Crippen molar-refractivity contribution in [1.82, 2.24) is 4.90 Å². The van der Waals surface area contributed by atoms with Crippen LogP contribution in [0, 0.1) is 5.82 Å². The van der Waals surface area contributed by atoms with Gasteiger partial charge >= 0.3 is 11.8 Å². The molecular formula is C19H20FN3O2S. The Kier molecular flexibility index (Phi) is 5.78. The normalized spacial score (nSPS) is 14.2. The highest BCUT2D eigenvalue weighted by molar-refractivity contribution is 7.98. The van der Waals surface area contributed by atoms with Gasteiger partial charge in [-0.05, 0) is 48.7 Å². The highest BCUT2D eigenvalue weighted by atomic mass is 32.2. The maximum Gasteiger partial charge on any atom is 0.313 e. The van der Waals surface area contributed by atoms with Crippen LogP contribution in [0.5, 0.6) is 0 Å². The fourth-order valence-corrected chi connectivity index (χ4v) is 3.31. The molecule has 7 heteroatoms. The van der Waals surface area contributed by atoms with Crippen LogP contribution in [0.2, 0.25) is 0 Å². The van der Waals surface area contributed by atoms with E-state index in [0.29, 0.717) is 31.9 Å². The number of amides is 2. The molecule has 0 spiro atoms. The summed E-state index contributed by atoms with van der Waals surface area (Å²) in [7, 11) is 0. The summed E-state index contributed by atoms with van der Waals surface area (Å²) in [6.07, 6.45) is 1.95. The first-order valence-electron chi connectivity index (χ1n) is 8.31. The molecule has 0 unspecified atom stereocenters. The smallest absolute Gasteiger partial charge is 0.313 e. The minimum Gasteiger partial charge on any atom is -0.368 e. The van der Waals surface area contributed by atoms with E-state index in [1.165, 1.54) is 12.1 Å². The number of rotatable bonds is 3. The second-order valence-corrected chi connectivity index (χ2v) is 6.82. The largest absolute Gasteiger partial charge is 0.368 e. The summed E-state index contributed by atoms with van der Waals surface area (Å²) >= 11 is 1.57. The molecule has 0 atom stereocenters. The van der Waals surface area contributed by atoms with Crippen LogP contribution in [-0.2, 0) is 9.59 Å². The molecule has 0 radical (unpaired) electrons. The lowest BCUT2D eigenvalue weighted by Gasteiger charge is -2.35. The summed E-state index contributed by atoms with van der Waals surface area (Å²) in [5, 5.41) is 2.66. The van der Waals surface area contributed by atoms with Gasteiger partial charge in [-0.1, -0.05) is 6.07 Å². The van der Waals surface area contributed by atoms with E-state index in [2.05, 4.69) is 10.2 Å². The molecule has 1 aliphatic heterocycles. The van der Waals surface area contributed by atoms with Crippen LogP contribution in [0.15, 0.2) is 53.4 Å². The van der Waals surface area contributed by atoms with Gasteiger partial charge in [-0.25, -0.2) is 4.39 Å². The van der Waals surface area contributed by atoms with Crippen LogP contribution in [-0.4, -0.2) is 49.1 Å². The average molecular weight is 373 g/mol. The first-order valence-corrected chi connectivity index (χ1v) is 9.54. The topological polar surface area (TPSA) is 52.7 Å². The Balaban J connectivity index is 1.55. The first-order chi connectivity index (χ1) is 12.6. The molecule has 1 aliphatic rings. The molecule has 2 aromatic rings. The summed E-state index contributed by atoms with van der Waals surface area (Å²) in [6, 6.07) is 13.7. The van der Waals surface area contributed by atoms with Gasteiger partial charge in [0.2, 0.25) is 0 Å². The minimum absolute atomic E-state index is 0.273. The second kappa shape index (κ2) is 8.23. The lowest BCUT2D eigenvalue weighted by Crippen LogP contribution is -2.51. The monoisotopic (exact) mass is 373 g/mol. The Bertz CT molecular complexity index is 790. The van der Waals surface area contributed by atoms with Crippen molar-refractivity contribution in [3.63, 3.8) is 0 Å². The van der Waals surface area contributed by atoms with E-state index in [1.54, 1.807) is 34.9 Å². The molecule has 1 N–H and O–H groups in total. The molecule has 2 aromatic carbocycles. The maximum absolute atomic E-state index is 13.0. The molecule has 0 bridgehead atoms. The number of hydrogen-bond donors (Lipinski definition) is 1. The second-order valence-electron chi connectivity index (χ2n) is 5.94. The van der Waals surface area contributed by atoms with Gasteiger partial charge in [-0.15, -0.1) is 11.8 Å². The molecule has 5 nitrogen and oxygen atoms in total. The number of halogens is 1. The Morgan fingerprint density at radius 3 is 2.38 bits per heavy atom. The van der Waals surface area contributed by atoms with Crippen LogP contribution in [0.3, 0.4) is 0 Å². The molecule has 136 valence electrons. The predicted octanol–water partition coefficient (Wildman–Crippen LogP) is 2.83. The van der Waals surface area contributed by atoms with Crippen molar-refractivity contribution in [3.8, 4) is 0 Å². The van der Waals surface area contributed by atoms with Crippen molar-refractivity contribution in [2.45, 2.75) is 4.90 Å². The van der Waals surface area contributed by atoms with Gasteiger partial charge in [0.05, 0.1) is 0 Å². The summed E-state index contributed by atoms with van der Waals surface area (Å²) < 4.78 is 13.0. The third-order valence-electron chi connectivity index (χ3n) is 4.28. The molecule has 26 heavy (non-hydrogen) atoms. The van der Waals surface area contributed by atoms with Crippen LogP contribution in [0.1, 0.15) is 0 Å². The van der Waals surface area contributed by atoms with Crippen LogP contribution < -0.4 is 10.2 Å². The lowest BCUT2D eigenvalue weighted by molar-refractivity contribution is -0.143. The number of hydrogen-bond acceptors (Lipinski definition) is 4. The van der Waals surface area contributed by atoms with Gasteiger partial charge in [-0.3, -0.25) is 9.59 Å². The van der Waals surface area contributed by atoms with E-state index >= 15 is 0 Å². The van der Waals surface area contributed by atoms with Crippen molar-refractivity contribution in [2.75, 3.05) is 42.7 Å². The highest BCUT2D eigenvalue weighted by Crippen LogP contribution is 2.20. The molecule has 1 saturated heterocycles. The van der Waals surface area contributed by atoms with Crippen molar-refractivity contribution < 1.29 is 14.0 Å². The quantitative estimate of drug-likeness (QED) is 0.664. The third-order valence-corrected chi connectivity index (χ3v) is 5.01. The van der Waals surface area contributed by atoms with Gasteiger partial charge in [0.15, 0.2) is 0 Å². The summed E-state index contributed by atoms with van der Waals surface area (Å²) in [5.41, 5.74) is 1.52. The number of carbonyl (C=O) groups excluding carboxylic acids is 2. The fraction of sp³-hybridized carbons (Fsp3) is 0.263. The number of nitrogens with one attached hydrogen (secondary N) is 1. The van der Waals surface area contributed by atoms with E-state index in [1.807, 2.05) is 24.5 Å². The van der Waals surface area contributed by atoms with E-state index in [0.717, 1.165) is 10.6 Å². The van der Waals surface area contributed by atoms with Gasteiger partial charge < -0.3 is 15.1 Å². The number of benzene rings is 2. The SMILES string of the molecule is CSc1cccc(NC(=O)C(=O)N2CCN(c3ccc(F)cc3)CC2)c1. The van der Waals surface area contributed by atoms with Crippen molar-refractivity contribution in [3.05, 3.63) is 54.3 Å². The number of nitrogens with zero attached hydrogens (tertiary/aromatic N) is 2. The van der Waals surface area contributed by atoms with Crippen LogP contribution >= 0.6 is 11.8 Å². The Morgan fingerprint density at radius 1 is 1.04 bits per heavy atom. The van der Waals surface area contributed by atoms with Crippen LogP contribution in [0.25, 0.3) is 0 Å². The van der Waals surface area contributed by atoms with Gasteiger partial charge in [-0.2, -0.15) is 0 Å². The Morgan fingerprint density at radius 2 is 1.73 bits per heavy atom. The van der Waals surface area contributed by atoms with E-state index in [9.17, 15) is 14.0 Å². The first kappa shape index (κ1) is 18.3. The molecule has 0 aliphatic carbocycles. The molecule has 3 rings (SSSR count). The van der Waals surface area contributed by atoms with Crippen molar-refractivity contribution in [1.29, 1.82) is 0 Å². The fourth-order valence-electron chi connectivity index (χ4n) is 2.85. The van der Waals surface area contributed by atoms with Gasteiger partial charge in [0.1, 0.15) is 5.82 Å². The Labute approximate surface area is 156 Å².